The number of thiazole rings is 1. The SMILES string of the molecule is Cc1[nH]nc(N)c1-c1nc2c(S(=O)(=O)Cl)cccc2s1. The maximum atomic E-state index is 11.6. The molecule has 0 aliphatic heterocycles. The van der Waals surface area contributed by atoms with Crippen molar-refractivity contribution in [3.8, 4) is 10.6 Å². The van der Waals surface area contributed by atoms with E-state index in [1.54, 1.807) is 12.1 Å². The molecule has 6 nitrogen and oxygen atoms in total. The lowest BCUT2D eigenvalue weighted by Gasteiger charge is -1.96. The zero-order valence-electron chi connectivity index (χ0n) is 10.2. The van der Waals surface area contributed by atoms with Gasteiger partial charge >= 0.3 is 0 Å². The van der Waals surface area contributed by atoms with Crippen LogP contribution in [0.2, 0.25) is 0 Å². The van der Waals surface area contributed by atoms with E-state index in [1.807, 2.05) is 6.92 Å². The van der Waals surface area contributed by atoms with Gasteiger partial charge in [-0.2, -0.15) is 5.10 Å². The van der Waals surface area contributed by atoms with E-state index < -0.39 is 9.05 Å². The van der Waals surface area contributed by atoms with Crippen molar-refractivity contribution in [1.82, 2.24) is 15.2 Å². The molecule has 2 heterocycles. The highest BCUT2D eigenvalue weighted by Gasteiger charge is 2.20. The molecule has 0 saturated heterocycles. The Balaban J connectivity index is 2.32. The molecule has 3 N–H and O–H groups in total. The van der Waals surface area contributed by atoms with Crippen LogP contribution in [0.5, 0.6) is 0 Å². The molecule has 0 aliphatic carbocycles. The number of nitrogens with zero attached hydrogens (tertiary/aromatic N) is 2. The third-order valence-electron chi connectivity index (χ3n) is 2.83. The number of rotatable bonds is 2. The third-order valence-corrected chi connectivity index (χ3v) is 5.23. The van der Waals surface area contributed by atoms with E-state index in [0.29, 0.717) is 21.9 Å². The fourth-order valence-corrected chi connectivity index (χ4v) is 4.11. The molecule has 3 rings (SSSR count). The Hall–Kier alpha value is -1.64. The summed E-state index contributed by atoms with van der Waals surface area (Å²) in [6, 6.07) is 4.85. The van der Waals surface area contributed by atoms with Gasteiger partial charge in [-0.15, -0.1) is 11.3 Å². The van der Waals surface area contributed by atoms with Crippen LogP contribution in [0.1, 0.15) is 5.69 Å². The molecule has 2 aromatic heterocycles. The summed E-state index contributed by atoms with van der Waals surface area (Å²) < 4.78 is 23.9. The van der Waals surface area contributed by atoms with E-state index in [0.717, 1.165) is 10.4 Å². The first-order valence-electron chi connectivity index (χ1n) is 5.53. The van der Waals surface area contributed by atoms with Gasteiger partial charge in [0, 0.05) is 16.4 Å². The van der Waals surface area contributed by atoms with Crippen LogP contribution in [0.25, 0.3) is 20.8 Å². The van der Waals surface area contributed by atoms with Crippen LogP contribution in [0.3, 0.4) is 0 Å². The maximum absolute atomic E-state index is 11.6. The molecule has 0 spiro atoms. The molecular weight excluding hydrogens is 320 g/mol. The predicted molar refractivity (Wildman–Crippen MR) is 79.4 cm³/mol. The van der Waals surface area contributed by atoms with Crippen molar-refractivity contribution in [3.63, 3.8) is 0 Å². The Morgan fingerprint density at radius 3 is 2.75 bits per heavy atom. The molecule has 0 radical (unpaired) electrons. The number of anilines is 1. The van der Waals surface area contributed by atoms with Crippen LogP contribution in [-0.2, 0) is 9.05 Å². The molecule has 20 heavy (non-hydrogen) atoms. The average Bonchev–Trinajstić information content (AvgIpc) is 2.90. The van der Waals surface area contributed by atoms with Crippen molar-refractivity contribution in [2.45, 2.75) is 11.8 Å². The molecule has 0 bridgehead atoms. The van der Waals surface area contributed by atoms with Gasteiger partial charge in [-0.3, -0.25) is 5.10 Å². The largest absolute Gasteiger partial charge is 0.382 e. The number of nitrogens with one attached hydrogen (secondary N) is 1. The highest BCUT2D eigenvalue weighted by Crippen LogP contribution is 2.37. The Morgan fingerprint density at radius 1 is 1.40 bits per heavy atom. The number of benzene rings is 1. The first-order chi connectivity index (χ1) is 9.38. The van der Waals surface area contributed by atoms with Crippen molar-refractivity contribution in [2.75, 3.05) is 5.73 Å². The standard InChI is InChI=1S/C11H9ClN4O2S2/c1-5-8(10(13)16-15-5)11-14-9-6(19-11)3-2-4-7(9)20(12,17)18/h2-4H,1H3,(H3,13,15,16). The van der Waals surface area contributed by atoms with Crippen molar-refractivity contribution in [3.05, 3.63) is 23.9 Å². The summed E-state index contributed by atoms with van der Waals surface area (Å²) in [7, 11) is 1.58. The van der Waals surface area contributed by atoms with Gasteiger partial charge in [0.1, 0.15) is 15.4 Å². The smallest absolute Gasteiger partial charge is 0.263 e. The second-order valence-corrected chi connectivity index (χ2v) is 7.73. The lowest BCUT2D eigenvalue weighted by molar-refractivity contribution is 0.610. The van der Waals surface area contributed by atoms with E-state index in [1.165, 1.54) is 17.4 Å². The van der Waals surface area contributed by atoms with Gasteiger partial charge < -0.3 is 5.73 Å². The Kier molecular flexibility index (Phi) is 2.96. The zero-order valence-corrected chi connectivity index (χ0v) is 12.6. The Morgan fingerprint density at radius 2 is 2.15 bits per heavy atom. The second kappa shape index (κ2) is 4.44. The fourth-order valence-electron chi connectivity index (χ4n) is 1.94. The van der Waals surface area contributed by atoms with Crippen LogP contribution in [0.4, 0.5) is 5.82 Å². The van der Waals surface area contributed by atoms with Gasteiger partial charge in [-0.1, -0.05) is 6.07 Å². The average molecular weight is 329 g/mol. The number of hydrogen-bond donors (Lipinski definition) is 2. The monoisotopic (exact) mass is 328 g/mol. The van der Waals surface area contributed by atoms with E-state index in [2.05, 4.69) is 15.2 Å². The number of para-hydroxylation sites is 1. The van der Waals surface area contributed by atoms with Gasteiger partial charge in [-0.05, 0) is 19.1 Å². The van der Waals surface area contributed by atoms with E-state index in [9.17, 15) is 8.42 Å². The highest BCUT2D eigenvalue weighted by atomic mass is 35.7. The highest BCUT2D eigenvalue weighted by molar-refractivity contribution is 8.14. The molecule has 0 aliphatic rings. The van der Waals surface area contributed by atoms with Crippen molar-refractivity contribution in [1.29, 1.82) is 0 Å². The van der Waals surface area contributed by atoms with Gasteiger partial charge in [-0.25, -0.2) is 13.4 Å². The number of nitrogens with two attached hydrogens (primary N) is 1. The number of aromatic nitrogens is 3. The van der Waals surface area contributed by atoms with Crippen LogP contribution in [0, 0.1) is 6.92 Å². The second-order valence-electron chi connectivity index (χ2n) is 4.17. The van der Waals surface area contributed by atoms with E-state index in [4.69, 9.17) is 16.4 Å². The van der Waals surface area contributed by atoms with Crippen LogP contribution >= 0.6 is 22.0 Å². The van der Waals surface area contributed by atoms with Gasteiger partial charge in [0.2, 0.25) is 0 Å². The molecule has 1 aromatic carbocycles. The summed E-state index contributed by atoms with van der Waals surface area (Å²) in [5.74, 6) is 0.330. The number of fused-ring (bicyclic) bond motifs is 1. The summed E-state index contributed by atoms with van der Waals surface area (Å²) in [5, 5.41) is 7.29. The van der Waals surface area contributed by atoms with Gasteiger partial charge in [0.05, 0.1) is 10.3 Å². The minimum Gasteiger partial charge on any atom is -0.382 e. The topological polar surface area (TPSA) is 102 Å². The van der Waals surface area contributed by atoms with Crippen LogP contribution in [-0.4, -0.2) is 23.6 Å². The third kappa shape index (κ3) is 2.05. The van der Waals surface area contributed by atoms with Crippen LogP contribution in [0.15, 0.2) is 23.1 Å². The molecule has 3 aromatic rings. The van der Waals surface area contributed by atoms with Crippen LogP contribution < -0.4 is 5.73 Å². The zero-order chi connectivity index (χ0) is 14.5. The van der Waals surface area contributed by atoms with Crippen molar-refractivity contribution < 1.29 is 8.42 Å². The summed E-state index contributed by atoms with van der Waals surface area (Å²) in [5.41, 5.74) is 7.61. The number of halogens is 1. The number of aryl methyl sites for hydroxylation is 1. The lowest BCUT2D eigenvalue weighted by atomic mass is 10.2. The van der Waals surface area contributed by atoms with Gasteiger partial charge in [0.15, 0.2) is 5.82 Å². The number of aromatic amines is 1. The number of hydrogen-bond acceptors (Lipinski definition) is 6. The molecule has 0 fully saturated rings. The Labute approximate surface area is 123 Å². The minimum atomic E-state index is -3.84. The quantitative estimate of drug-likeness (QED) is 0.704. The van der Waals surface area contributed by atoms with Crippen molar-refractivity contribution in [2.24, 2.45) is 0 Å². The number of nitrogen functional groups attached to an aromatic ring is 1. The first-order valence-corrected chi connectivity index (χ1v) is 8.65. The lowest BCUT2D eigenvalue weighted by Crippen LogP contribution is -1.92. The molecule has 0 saturated carbocycles. The fraction of sp³-hybridized carbons (Fsp3) is 0.0909. The number of H-pyrrole nitrogens is 1. The van der Waals surface area contributed by atoms with E-state index in [-0.39, 0.29) is 4.90 Å². The molecular formula is C11H9ClN4O2S2. The minimum absolute atomic E-state index is 0.00103. The summed E-state index contributed by atoms with van der Waals surface area (Å²) in [6.45, 7) is 1.82. The summed E-state index contributed by atoms with van der Waals surface area (Å²) in [6.07, 6.45) is 0. The van der Waals surface area contributed by atoms with E-state index >= 15 is 0 Å². The summed E-state index contributed by atoms with van der Waals surface area (Å²) in [4.78, 5) is 4.36. The normalized spacial score (nSPS) is 12.1. The first kappa shape index (κ1) is 13.3. The molecule has 0 unspecified atom stereocenters. The molecule has 0 atom stereocenters. The molecule has 0 amide bonds. The van der Waals surface area contributed by atoms with Gasteiger partial charge in [0.25, 0.3) is 9.05 Å². The van der Waals surface area contributed by atoms with Crippen molar-refractivity contribution >= 4 is 47.1 Å². The Bertz CT molecular complexity index is 894. The predicted octanol–water partition coefficient (Wildman–Crippen LogP) is 2.50. The molecule has 9 heteroatoms. The summed E-state index contributed by atoms with van der Waals surface area (Å²) >= 11 is 1.34. The molecule has 104 valence electrons. The maximum Gasteiger partial charge on any atom is 0.263 e.